The molecule has 1 aliphatic heterocycles. The third-order valence-corrected chi connectivity index (χ3v) is 4.98. The molecule has 1 aromatic heterocycles. The summed E-state index contributed by atoms with van der Waals surface area (Å²) >= 11 is 0. The summed E-state index contributed by atoms with van der Waals surface area (Å²) in [7, 11) is 2.07. The van der Waals surface area contributed by atoms with Crippen LogP contribution in [0.5, 0.6) is 0 Å². The first-order valence-corrected chi connectivity index (χ1v) is 8.87. The van der Waals surface area contributed by atoms with Gasteiger partial charge in [-0.2, -0.15) is 5.26 Å². The third-order valence-electron chi connectivity index (χ3n) is 4.98. The Labute approximate surface area is 154 Å². The highest BCUT2D eigenvalue weighted by Gasteiger charge is 2.21. The fourth-order valence-corrected chi connectivity index (χ4v) is 3.04. The van der Waals surface area contributed by atoms with Gasteiger partial charge in [-0.25, -0.2) is 0 Å². The van der Waals surface area contributed by atoms with Crippen molar-refractivity contribution in [3.05, 3.63) is 53.7 Å². The Morgan fingerprint density at radius 2 is 1.77 bits per heavy atom. The number of benzene rings is 1. The van der Waals surface area contributed by atoms with Gasteiger partial charge in [-0.3, -0.25) is 9.78 Å². The number of hydrogen-bond donors (Lipinski definition) is 0. The molecule has 1 fully saturated rings. The average molecular weight is 348 g/mol. The van der Waals surface area contributed by atoms with Crippen molar-refractivity contribution in [2.75, 3.05) is 33.2 Å². The molecular formula is C21H24N4O. The van der Waals surface area contributed by atoms with Gasteiger partial charge < -0.3 is 9.80 Å². The molecule has 134 valence electrons. The molecule has 26 heavy (non-hydrogen) atoms. The maximum absolute atomic E-state index is 12.8. The van der Waals surface area contributed by atoms with E-state index in [2.05, 4.69) is 23.0 Å². The van der Waals surface area contributed by atoms with Crippen molar-refractivity contribution in [1.82, 2.24) is 14.8 Å². The van der Waals surface area contributed by atoms with Crippen LogP contribution < -0.4 is 0 Å². The van der Waals surface area contributed by atoms with E-state index < -0.39 is 5.41 Å². The Bertz CT molecular complexity index is 828. The lowest BCUT2D eigenvalue weighted by Gasteiger charge is -2.32. The maximum Gasteiger partial charge on any atom is 0.254 e. The van der Waals surface area contributed by atoms with Crippen LogP contribution in [-0.4, -0.2) is 53.9 Å². The lowest BCUT2D eigenvalue weighted by atomic mass is 9.86. The van der Waals surface area contributed by atoms with Gasteiger partial charge in [0.25, 0.3) is 5.91 Å². The van der Waals surface area contributed by atoms with Gasteiger partial charge in [-0.05, 0) is 38.6 Å². The van der Waals surface area contributed by atoms with E-state index in [-0.39, 0.29) is 5.91 Å². The Balaban J connectivity index is 1.81. The molecule has 5 nitrogen and oxygen atoms in total. The molecule has 0 atom stereocenters. The van der Waals surface area contributed by atoms with Crippen molar-refractivity contribution >= 4 is 5.91 Å². The molecule has 2 aromatic rings. The van der Waals surface area contributed by atoms with Crippen LogP contribution in [0.1, 0.15) is 29.8 Å². The molecule has 1 saturated heterocycles. The second-order valence-electron chi connectivity index (χ2n) is 7.34. The monoisotopic (exact) mass is 348 g/mol. The number of pyridine rings is 1. The van der Waals surface area contributed by atoms with Crippen LogP contribution in [0.4, 0.5) is 0 Å². The Morgan fingerprint density at radius 3 is 2.38 bits per heavy atom. The number of nitrogens with zero attached hydrogens (tertiary/aromatic N) is 4. The molecule has 1 aliphatic rings. The van der Waals surface area contributed by atoms with Gasteiger partial charge in [0.1, 0.15) is 0 Å². The molecule has 0 radical (unpaired) electrons. The summed E-state index contributed by atoms with van der Waals surface area (Å²) in [6.45, 7) is 7.11. The molecule has 3 rings (SSSR count). The summed E-state index contributed by atoms with van der Waals surface area (Å²) in [6, 6.07) is 13.8. The predicted molar refractivity (Wildman–Crippen MR) is 102 cm³/mol. The number of nitriles is 1. The number of rotatable bonds is 3. The SMILES string of the molecule is CN1CCN(C(=O)c2ccnc(-c3ccc(C(C)(C)C#N)cc3)c2)CC1. The Kier molecular flexibility index (Phi) is 5.06. The largest absolute Gasteiger partial charge is 0.336 e. The Hall–Kier alpha value is -2.71. The number of piperazine rings is 1. The molecule has 0 bridgehead atoms. The van der Waals surface area contributed by atoms with Crippen LogP contribution in [-0.2, 0) is 5.41 Å². The predicted octanol–water partition coefficient (Wildman–Crippen LogP) is 2.94. The minimum Gasteiger partial charge on any atom is -0.336 e. The summed E-state index contributed by atoms with van der Waals surface area (Å²) < 4.78 is 0. The van der Waals surface area contributed by atoms with E-state index in [0.717, 1.165) is 43.0 Å². The van der Waals surface area contributed by atoms with Crippen molar-refractivity contribution in [1.29, 1.82) is 5.26 Å². The summed E-state index contributed by atoms with van der Waals surface area (Å²) in [5, 5.41) is 9.26. The van der Waals surface area contributed by atoms with Gasteiger partial charge in [0, 0.05) is 43.5 Å². The van der Waals surface area contributed by atoms with E-state index in [1.54, 1.807) is 12.3 Å². The molecular weight excluding hydrogens is 324 g/mol. The van der Waals surface area contributed by atoms with E-state index in [0.29, 0.717) is 5.56 Å². The van der Waals surface area contributed by atoms with E-state index in [1.165, 1.54) is 0 Å². The van der Waals surface area contributed by atoms with Crippen LogP contribution >= 0.6 is 0 Å². The average Bonchev–Trinajstić information content (AvgIpc) is 2.68. The van der Waals surface area contributed by atoms with Gasteiger partial charge in [-0.15, -0.1) is 0 Å². The molecule has 0 aliphatic carbocycles. The number of carbonyl (C=O) groups excluding carboxylic acids is 1. The third kappa shape index (κ3) is 3.76. The highest BCUT2D eigenvalue weighted by molar-refractivity contribution is 5.95. The highest BCUT2D eigenvalue weighted by Crippen LogP contribution is 2.26. The van der Waals surface area contributed by atoms with Crippen molar-refractivity contribution in [2.45, 2.75) is 19.3 Å². The first-order chi connectivity index (χ1) is 12.4. The highest BCUT2D eigenvalue weighted by atomic mass is 16.2. The van der Waals surface area contributed by atoms with Gasteiger partial charge >= 0.3 is 0 Å². The number of hydrogen-bond acceptors (Lipinski definition) is 4. The quantitative estimate of drug-likeness (QED) is 0.856. The molecule has 5 heteroatoms. The zero-order chi connectivity index (χ0) is 18.7. The zero-order valence-electron chi connectivity index (χ0n) is 15.6. The molecule has 0 saturated carbocycles. The van der Waals surface area contributed by atoms with E-state index in [1.807, 2.05) is 49.1 Å². The zero-order valence-corrected chi connectivity index (χ0v) is 15.6. The van der Waals surface area contributed by atoms with Gasteiger partial charge in [0.2, 0.25) is 0 Å². The van der Waals surface area contributed by atoms with Crippen LogP contribution in [0.2, 0.25) is 0 Å². The van der Waals surface area contributed by atoms with Crippen molar-refractivity contribution in [3.8, 4) is 17.3 Å². The van der Waals surface area contributed by atoms with E-state index >= 15 is 0 Å². The fraction of sp³-hybridized carbons (Fsp3) is 0.381. The lowest BCUT2D eigenvalue weighted by Crippen LogP contribution is -2.47. The van der Waals surface area contributed by atoms with Crippen LogP contribution in [0.25, 0.3) is 11.3 Å². The van der Waals surface area contributed by atoms with Crippen molar-refractivity contribution < 1.29 is 4.79 Å². The standard InChI is InChI=1S/C21H24N4O/c1-21(2,15-22)18-6-4-16(5-7-18)19-14-17(8-9-23-19)20(26)25-12-10-24(3)11-13-25/h4-9,14H,10-13H2,1-3H3. The van der Waals surface area contributed by atoms with Crippen molar-refractivity contribution in [2.24, 2.45) is 0 Å². The Morgan fingerprint density at radius 1 is 1.12 bits per heavy atom. The number of aromatic nitrogens is 1. The second-order valence-corrected chi connectivity index (χ2v) is 7.34. The summed E-state index contributed by atoms with van der Waals surface area (Å²) in [6.07, 6.45) is 1.69. The summed E-state index contributed by atoms with van der Waals surface area (Å²) in [4.78, 5) is 21.3. The minimum atomic E-state index is -0.523. The van der Waals surface area contributed by atoms with Crippen LogP contribution in [0.3, 0.4) is 0 Å². The van der Waals surface area contributed by atoms with E-state index in [9.17, 15) is 10.1 Å². The normalized spacial score (nSPS) is 15.5. The molecule has 0 unspecified atom stereocenters. The van der Waals surface area contributed by atoms with Gasteiger partial charge in [0.15, 0.2) is 0 Å². The van der Waals surface area contributed by atoms with Crippen molar-refractivity contribution in [3.63, 3.8) is 0 Å². The van der Waals surface area contributed by atoms with Gasteiger partial charge in [0.05, 0.1) is 17.2 Å². The molecule has 1 aromatic carbocycles. The minimum absolute atomic E-state index is 0.0592. The molecule has 1 amide bonds. The van der Waals surface area contributed by atoms with Crippen LogP contribution in [0, 0.1) is 11.3 Å². The number of likely N-dealkylation sites (N-methyl/N-ethyl adjacent to an activating group) is 1. The molecule has 0 spiro atoms. The number of amides is 1. The summed E-state index contributed by atoms with van der Waals surface area (Å²) in [5.41, 5.74) is 2.82. The smallest absolute Gasteiger partial charge is 0.254 e. The van der Waals surface area contributed by atoms with E-state index in [4.69, 9.17) is 0 Å². The second kappa shape index (κ2) is 7.27. The first-order valence-electron chi connectivity index (χ1n) is 8.87. The first kappa shape index (κ1) is 18.1. The van der Waals surface area contributed by atoms with Crippen LogP contribution in [0.15, 0.2) is 42.6 Å². The van der Waals surface area contributed by atoms with Gasteiger partial charge in [-0.1, -0.05) is 24.3 Å². The molecule has 0 N–H and O–H groups in total. The number of carbonyl (C=O) groups is 1. The topological polar surface area (TPSA) is 60.2 Å². The molecule has 2 heterocycles. The lowest BCUT2D eigenvalue weighted by molar-refractivity contribution is 0.0664. The fourth-order valence-electron chi connectivity index (χ4n) is 3.04. The summed E-state index contributed by atoms with van der Waals surface area (Å²) in [5.74, 6) is 0.0592. The maximum atomic E-state index is 12.8.